The van der Waals surface area contributed by atoms with E-state index in [2.05, 4.69) is 4.74 Å². The molecule has 5 nitrogen and oxygen atoms in total. The van der Waals surface area contributed by atoms with E-state index in [0.29, 0.717) is 7.14 Å². The summed E-state index contributed by atoms with van der Waals surface area (Å²) in [6.07, 6.45) is 0. The highest BCUT2D eigenvalue weighted by Crippen LogP contribution is 2.33. The van der Waals surface area contributed by atoms with Crippen LogP contribution in [-0.2, 0) is 10.1 Å². The molecule has 26 heavy (non-hydrogen) atoms. The molecule has 13 heteroatoms. The fourth-order valence-corrected chi connectivity index (χ4v) is 6.42. The average molecular weight is 727 g/mol. The first-order valence-corrected chi connectivity index (χ1v) is 10.7. The van der Waals surface area contributed by atoms with Crippen molar-refractivity contribution in [1.29, 1.82) is 0 Å². The van der Waals surface area contributed by atoms with Crippen LogP contribution in [0.15, 0.2) is 17.0 Å². The Morgan fingerprint density at radius 2 is 1.35 bits per heavy atom. The molecular weight excluding hydrogens is 725 g/mol. The molecular formula is C13H2F4I3O5S-. The van der Waals surface area contributed by atoms with Crippen molar-refractivity contribution in [2.45, 2.75) is 4.90 Å². The molecule has 0 bridgehead atoms. The summed E-state index contributed by atoms with van der Waals surface area (Å²) in [5.74, 6) is -12.7. The quantitative estimate of drug-likeness (QED) is 0.119. The molecule has 2 rings (SSSR count). The third-order valence-corrected chi connectivity index (χ3v) is 6.02. The van der Waals surface area contributed by atoms with Gasteiger partial charge in [-0.25, -0.2) is 22.0 Å². The van der Waals surface area contributed by atoms with Crippen molar-refractivity contribution in [1.82, 2.24) is 0 Å². The molecule has 0 unspecified atom stereocenters. The molecule has 0 saturated heterocycles. The van der Waals surface area contributed by atoms with Crippen molar-refractivity contribution in [3.8, 4) is 5.75 Å². The van der Waals surface area contributed by atoms with E-state index in [4.69, 9.17) is 0 Å². The summed E-state index contributed by atoms with van der Waals surface area (Å²) in [6, 6.07) is 3.09. The minimum Gasteiger partial charge on any atom is -0.744 e. The molecule has 2 aromatic carbocycles. The van der Waals surface area contributed by atoms with E-state index in [1.54, 1.807) is 57.3 Å². The number of halogens is 7. The molecule has 0 saturated carbocycles. The van der Waals surface area contributed by atoms with Crippen LogP contribution in [0.2, 0.25) is 0 Å². The number of rotatable bonds is 3. The SMILES string of the molecule is O=C(Oc1c(F)c(F)c(S(=O)(=O)[O-])c(F)c1F)c1c(I)cc(I)cc1I. The fraction of sp³-hybridized carbons (Fsp3) is 0. The van der Waals surface area contributed by atoms with E-state index in [9.17, 15) is 35.3 Å². The Bertz CT molecular complexity index is 991. The molecule has 0 aromatic heterocycles. The van der Waals surface area contributed by atoms with Crippen LogP contribution in [0.25, 0.3) is 0 Å². The average Bonchev–Trinajstić information content (AvgIpc) is 2.47. The van der Waals surface area contributed by atoms with Gasteiger partial charge in [-0.3, -0.25) is 0 Å². The summed E-state index contributed by atoms with van der Waals surface area (Å²) in [5.41, 5.74) is -0.119. The van der Waals surface area contributed by atoms with Gasteiger partial charge in [0.15, 0.2) is 11.6 Å². The summed E-state index contributed by atoms with van der Waals surface area (Å²) in [7, 11) is -5.85. The smallest absolute Gasteiger partial charge is 0.345 e. The Labute approximate surface area is 184 Å². The number of benzene rings is 2. The normalized spacial score (nSPS) is 11.5. The standard InChI is InChI=1S/C13H3F4I3O5S/c14-7-9(16)12(26(22,23)24)10(17)8(15)11(7)25-13(21)6-4(19)1-3(18)2-5(6)20/h1-2H,(H,22,23,24)/p-1. The van der Waals surface area contributed by atoms with Gasteiger partial charge in [-0.15, -0.1) is 0 Å². The summed E-state index contributed by atoms with van der Waals surface area (Å²) in [5, 5.41) is 0. The molecule has 140 valence electrons. The predicted octanol–water partition coefficient (Wildman–Crippen LogP) is 4.18. The number of ether oxygens (including phenoxy) is 1. The van der Waals surface area contributed by atoms with Gasteiger partial charge in [-0.05, 0) is 79.9 Å². The molecule has 0 aliphatic rings. The predicted molar refractivity (Wildman–Crippen MR) is 104 cm³/mol. The lowest BCUT2D eigenvalue weighted by molar-refractivity contribution is 0.0714. The van der Waals surface area contributed by atoms with Crippen LogP contribution in [-0.4, -0.2) is 18.9 Å². The maximum absolute atomic E-state index is 13.9. The minimum atomic E-state index is -5.85. The first-order chi connectivity index (χ1) is 11.9. The highest BCUT2D eigenvalue weighted by atomic mass is 127. The van der Waals surface area contributed by atoms with E-state index in [-0.39, 0.29) is 5.56 Å². The molecule has 0 N–H and O–H groups in total. The summed E-state index contributed by atoms with van der Waals surface area (Å²) in [4.78, 5) is 9.86. The molecule has 0 aliphatic heterocycles. The Kier molecular flexibility index (Phi) is 6.77. The van der Waals surface area contributed by atoms with Gasteiger partial charge in [0.1, 0.15) is 15.0 Å². The van der Waals surface area contributed by atoms with Crippen molar-refractivity contribution in [2.75, 3.05) is 0 Å². The minimum absolute atomic E-state index is 0.119. The van der Waals surface area contributed by atoms with Crippen molar-refractivity contribution >= 4 is 83.9 Å². The first-order valence-electron chi connectivity index (χ1n) is 6.04. The Hall–Kier alpha value is -0.270. The van der Waals surface area contributed by atoms with Crippen LogP contribution in [0, 0.1) is 34.0 Å². The lowest BCUT2D eigenvalue weighted by Gasteiger charge is -2.14. The van der Waals surface area contributed by atoms with Gasteiger partial charge < -0.3 is 9.29 Å². The zero-order valence-electron chi connectivity index (χ0n) is 11.7. The van der Waals surface area contributed by atoms with E-state index in [1.165, 1.54) is 0 Å². The maximum atomic E-state index is 13.9. The van der Waals surface area contributed by atoms with Crippen LogP contribution >= 0.6 is 67.8 Å². The number of hydrogen-bond acceptors (Lipinski definition) is 5. The molecule has 0 aliphatic carbocycles. The zero-order chi connectivity index (χ0) is 20.0. The second kappa shape index (κ2) is 8.00. The van der Waals surface area contributed by atoms with E-state index in [1.807, 2.05) is 22.6 Å². The third-order valence-electron chi connectivity index (χ3n) is 2.84. The monoisotopic (exact) mass is 727 g/mol. The number of carbonyl (C=O) groups is 1. The topological polar surface area (TPSA) is 83.5 Å². The second-order valence-corrected chi connectivity index (χ2v) is 9.39. The molecule has 0 fully saturated rings. The van der Waals surface area contributed by atoms with Crippen LogP contribution in [0.4, 0.5) is 17.6 Å². The lowest BCUT2D eigenvalue weighted by atomic mass is 10.2. The van der Waals surface area contributed by atoms with E-state index >= 15 is 0 Å². The Morgan fingerprint density at radius 1 is 0.923 bits per heavy atom. The van der Waals surface area contributed by atoms with Gasteiger partial charge in [-0.2, -0.15) is 8.78 Å². The summed E-state index contributed by atoms with van der Waals surface area (Å²) >= 11 is 5.46. The first kappa shape index (κ1) is 22.0. The number of hydrogen-bond donors (Lipinski definition) is 0. The van der Waals surface area contributed by atoms with Crippen LogP contribution in [0.3, 0.4) is 0 Å². The fourth-order valence-electron chi connectivity index (χ4n) is 1.78. The van der Waals surface area contributed by atoms with E-state index < -0.39 is 50.0 Å². The van der Waals surface area contributed by atoms with Gasteiger partial charge in [0.2, 0.25) is 17.4 Å². The molecule has 2 aromatic rings. The lowest BCUT2D eigenvalue weighted by Crippen LogP contribution is -2.17. The largest absolute Gasteiger partial charge is 0.744 e. The Morgan fingerprint density at radius 3 is 1.73 bits per heavy atom. The second-order valence-electron chi connectivity index (χ2n) is 4.50. The van der Waals surface area contributed by atoms with Crippen molar-refractivity contribution in [3.63, 3.8) is 0 Å². The van der Waals surface area contributed by atoms with E-state index in [0.717, 1.165) is 3.57 Å². The van der Waals surface area contributed by atoms with Crippen molar-refractivity contribution in [3.05, 3.63) is 51.7 Å². The summed E-state index contributed by atoms with van der Waals surface area (Å²) < 4.78 is 93.4. The molecule has 0 atom stereocenters. The zero-order valence-corrected chi connectivity index (χ0v) is 19.0. The maximum Gasteiger partial charge on any atom is 0.345 e. The van der Waals surface area contributed by atoms with Gasteiger partial charge in [-0.1, -0.05) is 0 Å². The number of carbonyl (C=O) groups excluding carboxylic acids is 1. The Balaban J connectivity index is 2.60. The van der Waals surface area contributed by atoms with Crippen LogP contribution < -0.4 is 4.74 Å². The molecule has 0 heterocycles. The van der Waals surface area contributed by atoms with Gasteiger partial charge in [0.25, 0.3) is 0 Å². The van der Waals surface area contributed by atoms with Crippen LogP contribution in [0.5, 0.6) is 5.75 Å². The molecule has 0 amide bonds. The highest BCUT2D eigenvalue weighted by Gasteiger charge is 2.32. The van der Waals surface area contributed by atoms with Gasteiger partial charge in [0.05, 0.1) is 5.56 Å². The number of esters is 1. The third kappa shape index (κ3) is 4.25. The molecule has 0 radical (unpaired) electrons. The molecule has 0 spiro atoms. The van der Waals surface area contributed by atoms with Gasteiger partial charge in [0, 0.05) is 10.7 Å². The van der Waals surface area contributed by atoms with Crippen molar-refractivity contribution < 1.29 is 40.1 Å². The van der Waals surface area contributed by atoms with Crippen molar-refractivity contribution in [2.24, 2.45) is 0 Å². The van der Waals surface area contributed by atoms with Crippen LogP contribution in [0.1, 0.15) is 10.4 Å². The van der Waals surface area contributed by atoms with Gasteiger partial charge >= 0.3 is 5.97 Å². The summed E-state index contributed by atoms with van der Waals surface area (Å²) in [6.45, 7) is 0. The highest BCUT2D eigenvalue weighted by molar-refractivity contribution is 14.1.